The Hall–Kier alpha value is -2.70. The van der Waals surface area contributed by atoms with Crippen LogP contribution >= 0.6 is 0 Å². The van der Waals surface area contributed by atoms with Crippen LogP contribution in [0.3, 0.4) is 0 Å². The molecule has 1 atom stereocenters. The summed E-state index contributed by atoms with van der Waals surface area (Å²) in [7, 11) is -3.69. The fourth-order valence-corrected chi connectivity index (χ4v) is 6.16. The van der Waals surface area contributed by atoms with Gasteiger partial charge >= 0.3 is 29.6 Å². The largest absolute Gasteiger partial charge is 1.00 e. The number of fused-ring (bicyclic) bond motifs is 1. The van der Waals surface area contributed by atoms with Gasteiger partial charge in [0.25, 0.3) is 0 Å². The zero-order chi connectivity index (χ0) is 25.4. The Balaban J connectivity index is 0.00000320. The van der Waals surface area contributed by atoms with Gasteiger partial charge in [-0.05, 0) is 62.2 Å². The Morgan fingerprint density at radius 2 is 1.97 bits per heavy atom. The zero-order valence-corrected chi connectivity index (χ0v) is 23.6. The van der Waals surface area contributed by atoms with Crippen LogP contribution in [0.2, 0.25) is 0 Å². The first-order valence-corrected chi connectivity index (χ1v) is 13.0. The molecule has 3 heterocycles. The predicted octanol–water partition coefficient (Wildman–Crippen LogP) is -0.589. The van der Waals surface area contributed by atoms with Crippen LogP contribution in [0, 0.1) is 0 Å². The van der Waals surface area contributed by atoms with Gasteiger partial charge in [-0.1, -0.05) is 6.07 Å². The van der Waals surface area contributed by atoms with E-state index in [9.17, 15) is 18.3 Å². The molecule has 0 spiro atoms. The second-order valence-electron chi connectivity index (χ2n) is 9.05. The molecule has 1 aliphatic rings. The van der Waals surface area contributed by atoms with E-state index in [2.05, 4.69) is 10.2 Å². The van der Waals surface area contributed by atoms with E-state index in [0.29, 0.717) is 42.2 Å². The van der Waals surface area contributed by atoms with Gasteiger partial charge in [-0.25, -0.2) is 8.42 Å². The molecule has 12 heteroatoms. The smallest absolute Gasteiger partial charge is 0.548 e. The number of aliphatic carboxylic acids is 1. The van der Waals surface area contributed by atoms with Crippen molar-refractivity contribution in [2.45, 2.75) is 43.7 Å². The third-order valence-electron chi connectivity index (χ3n) is 6.24. The van der Waals surface area contributed by atoms with Crippen LogP contribution in [0.1, 0.15) is 31.7 Å². The summed E-state index contributed by atoms with van der Waals surface area (Å²) in [4.78, 5) is 11.6. The third-order valence-corrected chi connectivity index (χ3v) is 8.12. The SMILES string of the molecule is CC(C)Oc1ccc(S(=O)(=O)N2CCC(c3cn(CC(=O)[O-])c4cc(-c5nnco5)ccc34)C2)cc1.[Na+]. The first-order valence-electron chi connectivity index (χ1n) is 11.6. The van der Waals surface area contributed by atoms with Gasteiger partial charge < -0.3 is 23.6 Å². The van der Waals surface area contributed by atoms with E-state index in [-0.39, 0.29) is 53.0 Å². The molecule has 0 bridgehead atoms. The number of ether oxygens (including phenoxy) is 1. The quantitative estimate of drug-likeness (QED) is 0.275. The van der Waals surface area contributed by atoms with Gasteiger partial charge in [0, 0.05) is 41.7 Å². The van der Waals surface area contributed by atoms with E-state index < -0.39 is 16.0 Å². The Labute approximate surface area is 236 Å². The van der Waals surface area contributed by atoms with Crippen molar-refractivity contribution in [3.63, 3.8) is 0 Å². The van der Waals surface area contributed by atoms with Crippen LogP contribution in [-0.4, -0.2) is 52.7 Å². The number of carbonyl (C=O) groups is 1. The molecular weight excluding hydrogens is 507 g/mol. The molecule has 37 heavy (non-hydrogen) atoms. The van der Waals surface area contributed by atoms with Crippen molar-refractivity contribution < 1.29 is 57.0 Å². The van der Waals surface area contributed by atoms with Gasteiger partial charge in [0.15, 0.2) is 0 Å². The second-order valence-corrected chi connectivity index (χ2v) is 11.0. The second kappa shape index (κ2) is 11.0. The fraction of sp³-hybridized carbons (Fsp3) is 0.320. The van der Waals surface area contributed by atoms with Crippen molar-refractivity contribution in [1.29, 1.82) is 0 Å². The van der Waals surface area contributed by atoms with E-state index in [1.807, 2.05) is 26.0 Å². The number of rotatable bonds is 8. The standard InChI is InChI=1S/C25H26N4O6S.Na/c1-16(2)35-19-4-6-20(7-5-19)36(32,33)29-10-9-18(12-29)22-13-28(14-24(30)31)23-11-17(3-8-21(22)23)25-27-26-15-34-25;/h3-8,11,13,15-16,18H,9-10,12,14H2,1-2H3,(H,30,31);/q;+1/p-1. The summed E-state index contributed by atoms with van der Waals surface area (Å²) in [5, 5.41) is 19.9. The molecule has 1 saturated heterocycles. The van der Waals surface area contributed by atoms with E-state index in [4.69, 9.17) is 9.15 Å². The summed E-state index contributed by atoms with van der Waals surface area (Å²) in [5.74, 6) is -0.378. The maximum atomic E-state index is 13.3. The zero-order valence-electron chi connectivity index (χ0n) is 20.8. The van der Waals surface area contributed by atoms with Crippen LogP contribution in [0.15, 0.2) is 64.4 Å². The molecule has 0 N–H and O–H groups in total. The number of hydrogen-bond donors (Lipinski definition) is 0. The van der Waals surface area contributed by atoms with Gasteiger partial charge in [-0.3, -0.25) is 0 Å². The molecule has 1 unspecified atom stereocenters. The van der Waals surface area contributed by atoms with Crippen molar-refractivity contribution in [3.05, 3.63) is 60.6 Å². The molecule has 1 fully saturated rings. The molecule has 0 aliphatic carbocycles. The van der Waals surface area contributed by atoms with Crippen molar-refractivity contribution in [3.8, 4) is 17.2 Å². The molecule has 4 aromatic rings. The number of aromatic nitrogens is 3. The molecule has 5 rings (SSSR count). The number of carboxylic acid groups (broad SMARTS) is 1. The average molecular weight is 533 g/mol. The van der Waals surface area contributed by atoms with Crippen molar-refractivity contribution in [2.24, 2.45) is 0 Å². The number of benzene rings is 2. The number of nitrogens with zero attached hydrogens (tertiary/aromatic N) is 4. The van der Waals surface area contributed by atoms with E-state index in [1.54, 1.807) is 41.1 Å². The maximum Gasteiger partial charge on any atom is 1.00 e. The molecular formula is C25H25N4NaO6S. The fourth-order valence-electron chi connectivity index (χ4n) is 4.66. The topological polar surface area (TPSA) is 131 Å². The van der Waals surface area contributed by atoms with Crippen molar-refractivity contribution in [1.82, 2.24) is 19.1 Å². The van der Waals surface area contributed by atoms with Crippen molar-refractivity contribution >= 4 is 26.9 Å². The normalized spacial score (nSPS) is 16.2. The van der Waals surface area contributed by atoms with E-state index in [0.717, 1.165) is 10.9 Å². The summed E-state index contributed by atoms with van der Waals surface area (Å²) >= 11 is 0. The molecule has 0 saturated carbocycles. The van der Waals surface area contributed by atoms with E-state index >= 15 is 0 Å². The molecule has 188 valence electrons. The number of hydrogen-bond acceptors (Lipinski definition) is 8. The summed E-state index contributed by atoms with van der Waals surface area (Å²) < 4.78 is 40.6. The molecule has 0 radical (unpaired) electrons. The molecule has 0 amide bonds. The van der Waals surface area contributed by atoms with Gasteiger partial charge in [-0.15, -0.1) is 10.2 Å². The summed E-state index contributed by atoms with van der Waals surface area (Å²) in [6, 6.07) is 11.9. The molecule has 10 nitrogen and oxygen atoms in total. The number of sulfonamides is 1. The first kappa shape index (κ1) is 27.3. The van der Waals surface area contributed by atoms with Gasteiger partial charge in [0.05, 0.1) is 23.5 Å². The van der Waals surface area contributed by atoms with Crippen LogP contribution < -0.4 is 39.4 Å². The molecule has 2 aromatic carbocycles. The third kappa shape index (κ3) is 5.60. The Kier molecular flexibility index (Phi) is 8.10. The number of carboxylic acids is 1. The predicted molar refractivity (Wildman–Crippen MR) is 129 cm³/mol. The summed E-state index contributed by atoms with van der Waals surface area (Å²) in [6.07, 6.45) is 3.61. The minimum atomic E-state index is -3.69. The van der Waals surface area contributed by atoms with E-state index in [1.165, 1.54) is 10.7 Å². The Bertz CT molecular complexity index is 1500. The van der Waals surface area contributed by atoms with Crippen LogP contribution in [0.25, 0.3) is 22.4 Å². The van der Waals surface area contributed by atoms with Gasteiger partial charge in [0.2, 0.25) is 22.3 Å². The number of carbonyl (C=O) groups excluding carboxylic acids is 1. The summed E-state index contributed by atoms with van der Waals surface area (Å²) in [5.41, 5.74) is 2.22. The molecule has 1 aliphatic heterocycles. The van der Waals surface area contributed by atoms with Crippen molar-refractivity contribution in [2.75, 3.05) is 13.1 Å². The Morgan fingerprint density at radius 1 is 1.22 bits per heavy atom. The minimum Gasteiger partial charge on any atom is -0.548 e. The Morgan fingerprint density at radius 3 is 2.62 bits per heavy atom. The van der Waals surface area contributed by atoms with Gasteiger partial charge in [0.1, 0.15) is 5.75 Å². The average Bonchev–Trinajstić information content (AvgIpc) is 3.59. The van der Waals surface area contributed by atoms with Crippen LogP contribution in [-0.2, 0) is 21.4 Å². The maximum absolute atomic E-state index is 13.3. The molecule has 2 aromatic heterocycles. The van der Waals surface area contributed by atoms with Gasteiger partial charge in [-0.2, -0.15) is 4.31 Å². The minimum absolute atomic E-state index is 0. The first-order chi connectivity index (χ1) is 17.2. The monoisotopic (exact) mass is 532 g/mol. The van der Waals surface area contributed by atoms with Crippen LogP contribution in [0.4, 0.5) is 0 Å². The van der Waals surface area contributed by atoms with Crippen LogP contribution in [0.5, 0.6) is 5.75 Å². The summed E-state index contributed by atoms with van der Waals surface area (Å²) in [6.45, 7) is 4.14.